The molecule has 0 saturated heterocycles. The van der Waals surface area contributed by atoms with Crippen LogP contribution >= 0.6 is 0 Å². The molecule has 9 heteroatoms. The summed E-state index contributed by atoms with van der Waals surface area (Å²) in [6, 6.07) is 0. The molecule has 0 N–H and O–H groups in total. The van der Waals surface area contributed by atoms with Crippen molar-refractivity contribution in [3.05, 3.63) is 0 Å². The second-order valence-corrected chi connectivity index (χ2v) is 0. The van der Waals surface area contributed by atoms with Crippen LogP contribution in [0.2, 0.25) is 0 Å². The molecule has 0 aromatic rings. The second kappa shape index (κ2) is 84.1. The normalized spacial score (nSPS) is 0. The Bertz CT molecular complexity index is 17.8. The molecule has 0 fully saturated rings. The average Bonchev–Trinajstić information content (AvgIpc) is 0. The Morgan fingerprint density at radius 2 is 0.444 bits per heavy atom. The maximum atomic E-state index is 0. The van der Waals surface area contributed by atoms with Gasteiger partial charge in [-0.2, -0.15) is 0 Å². The fourth-order valence-corrected chi connectivity index (χ4v) is 0. The average molecular weight is 278 g/mol. The summed E-state index contributed by atoms with van der Waals surface area (Å²) in [5, 5.41) is 0. The van der Waals surface area contributed by atoms with Crippen molar-refractivity contribution in [2.45, 2.75) is 0 Å². The van der Waals surface area contributed by atoms with Crippen LogP contribution in [0.3, 0.4) is 0 Å². The van der Waals surface area contributed by atoms with Gasteiger partial charge in [-0.1, -0.05) is 0 Å². The molecule has 0 bridgehead atoms. The van der Waals surface area contributed by atoms with Gasteiger partial charge in [0.1, 0.15) is 0 Å². The number of rotatable bonds is 0. The molecule has 0 aromatic heterocycles. The molecule has 8 radical (unpaired) electrons. The standard InChI is InChI=1S/2Al.2Fe.2Li.3S.2H/q;;2*+3;;;3*-2;;. The van der Waals surface area contributed by atoms with E-state index in [1.165, 1.54) is 0 Å². The van der Waals surface area contributed by atoms with Crippen molar-refractivity contribution in [2.24, 2.45) is 0 Å². The summed E-state index contributed by atoms with van der Waals surface area (Å²) in [5.41, 5.74) is 0. The first kappa shape index (κ1) is 108. The minimum atomic E-state index is 0. The molecule has 0 rings (SSSR count). The summed E-state index contributed by atoms with van der Waals surface area (Å²) in [7, 11) is 0. The Morgan fingerprint density at radius 1 is 0.444 bits per heavy atom. The van der Waals surface area contributed by atoms with Gasteiger partial charge < -0.3 is 40.5 Å². The Balaban J connectivity index is 0. The molecule has 0 nitrogen and oxygen atoms in total. The molecule has 0 aliphatic carbocycles. The largest absolute Gasteiger partial charge is 2.00 e. The maximum Gasteiger partial charge on any atom is -2.00 e. The zero-order valence-electron chi connectivity index (χ0n) is 3.09. The van der Waals surface area contributed by atoms with E-state index in [9.17, 15) is 0 Å². The van der Waals surface area contributed by atoms with E-state index in [2.05, 4.69) is 0 Å². The molecule has 0 atom stereocenters. The summed E-state index contributed by atoms with van der Waals surface area (Å²) in [4.78, 5) is 0. The molecule has 0 aliphatic rings. The minimum Gasteiger partial charge on any atom is -2.00 e. The van der Waals surface area contributed by atoms with Crippen molar-refractivity contribution in [3.8, 4) is 0 Å². The second-order valence-electron chi connectivity index (χ2n) is 0. The third kappa shape index (κ3) is 69.9. The van der Waals surface area contributed by atoms with Gasteiger partial charge in [-0.3, -0.25) is 0 Å². The molecule has 0 spiro atoms. The molecule has 0 heterocycles. The van der Waals surface area contributed by atoms with Crippen molar-refractivity contribution in [1.82, 2.24) is 0 Å². The van der Waals surface area contributed by atoms with E-state index in [1.807, 2.05) is 0 Å². The Hall–Kier alpha value is 4.35. The van der Waals surface area contributed by atoms with Crippen molar-refractivity contribution < 1.29 is 34.1 Å². The molecular formula is H2Al2Fe2Li2S3. The molecule has 0 unspecified atom stereocenters. The van der Waals surface area contributed by atoms with Gasteiger partial charge in [0.2, 0.25) is 0 Å². The Labute approximate surface area is 144 Å². The van der Waals surface area contributed by atoms with Crippen LogP contribution in [-0.2, 0) is 74.6 Å². The fourth-order valence-electron chi connectivity index (χ4n) is 0. The van der Waals surface area contributed by atoms with Gasteiger partial charge in [-0.05, 0) is 0 Å². The van der Waals surface area contributed by atoms with Gasteiger partial charge in [0.05, 0.1) is 0 Å². The molecule has 9 heavy (non-hydrogen) atoms. The summed E-state index contributed by atoms with van der Waals surface area (Å²) in [6.45, 7) is 0. The fraction of sp³-hybridized carbons (Fsp3) is 0. The quantitative estimate of drug-likeness (QED) is 0.447. The van der Waals surface area contributed by atoms with E-state index in [1.54, 1.807) is 0 Å². The summed E-state index contributed by atoms with van der Waals surface area (Å²) in [5.74, 6) is 0. The monoisotopic (exact) mass is 278 g/mol. The Morgan fingerprint density at radius 3 is 0.444 bits per heavy atom. The van der Waals surface area contributed by atoms with E-state index in [-0.39, 0.29) is 147 Å². The van der Waals surface area contributed by atoms with Crippen LogP contribution in [-0.4, -0.2) is 72.4 Å². The summed E-state index contributed by atoms with van der Waals surface area (Å²) >= 11 is 0. The zero-order chi connectivity index (χ0) is 0. The van der Waals surface area contributed by atoms with Crippen LogP contribution in [0, 0.1) is 0 Å². The van der Waals surface area contributed by atoms with Crippen LogP contribution in [0.15, 0.2) is 0 Å². The summed E-state index contributed by atoms with van der Waals surface area (Å²) < 4.78 is 0. The van der Waals surface area contributed by atoms with Gasteiger partial charge in [0.25, 0.3) is 0 Å². The SMILES string of the molecule is [Al].[Al].[Fe+3].[Fe+3].[LiH].[LiH].[S-2].[S-2].[S-2]. The predicted molar refractivity (Wildman–Crippen MR) is 47.9 cm³/mol. The van der Waals surface area contributed by atoms with Gasteiger partial charge in [-0.15, -0.1) is 0 Å². The Kier molecular flexibility index (Phi) is 1010. The first-order valence-corrected chi connectivity index (χ1v) is 0. The van der Waals surface area contributed by atoms with Crippen LogP contribution < -0.4 is 0 Å². The van der Waals surface area contributed by atoms with Crippen molar-refractivity contribution in [1.29, 1.82) is 0 Å². The summed E-state index contributed by atoms with van der Waals surface area (Å²) in [6.07, 6.45) is 0. The van der Waals surface area contributed by atoms with Gasteiger partial charge >= 0.3 is 71.9 Å². The van der Waals surface area contributed by atoms with E-state index < -0.39 is 0 Å². The predicted octanol–water partition coefficient (Wildman–Crippen LogP) is -2.07. The minimum absolute atomic E-state index is 0. The van der Waals surface area contributed by atoms with Crippen molar-refractivity contribution >= 4 is 113 Å². The number of hydrogen-bond donors (Lipinski definition) is 0. The first-order chi connectivity index (χ1) is 0. The van der Waals surface area contributed by atoms with Crippen LogP contribution in [0.25, 0.3) is 0 Å². The zero-order valence-corrected chi connectivity index (χ0v) is 10.1. The van der Waals surface area contributed by atoms with Gasteiger partial charge in [-0.25, -0.2) is 0 Å². The maximum absolute atomic E-state index is 0. The van der Waals surface area contributed by atoms with E-state index in [0.29, 0.717) is 0 Å². The molecule has 0 saturated carbocycles. The molecule has 0 aliphatic heterocycles. The molecule has 0 aromatic carbocycles. The van der Waals surface area contributed by atoms with Crippen molar-refractivity contribution in [2.75, 3.05) is 0 Å². The topological polar surface area (TPSA) is 0 Å². The molecule has 44 valence electrons. The smallest absolute Gasteiger partial charge is 2.00 e. The third-order valence-electron chi connectivity index (χ3n) is 0. The van der Waals surface area contributed by atoms with Crippen molar-refractivity contribution in [3.63, 3.8) is 0 Å². The molecular weight excluding hydrogens is 276 g/mol. The third-order valence-corrected chi connectivity index (χ3v) is 0. The van der Waals surface area contributed by atoms with Gasteiger partial charge in [0.15, 0.2) is 0 Å². The van der Waals surface area contributed by atoms with Gasteiger partial charge in [0, 0.05) is 34.7 Å². The van der Waals surface area contributed by atoms with Crippen LogP contribution in [0.1, 0.15) is 0 Å². The van der Waals surface area contributed by atoms with E-state index in [4.69, 9.17) is 0 Å². The number of hydrogen-bond acceptors (Lipinski definition) is 0. The van der Waals surface area contributed by atoms with Crippen LogP contribution in [0.4, 0.5) is 0 Å². The molecule has 0 amide bonds. The first-order valence-electron chi connectivity index (χ1n) is 0. The van der Waals surface area contributed by atoms with E-state index >= 15 is 0 Å². The van der Waals surface area contributed by atoms with Crippen LogP contribution in [0.5, 0.6) is 0 Å². The van der Waals surface area contributed by atoms with E-state index in [0.717, 1.165) is 0 Å².